The molecule has 2 aliphatic heterocycles. The Morgan fingerprint density at radius 3 is 2.26 bits per heavy atom. The number of carboxylic acid groups (broad SMARTS) is 1. The Labute approximate surface area is 183 Å². The van der Waals surface area contributed by atoms with E-state index in [0.29, 0.717) is 11.5 Å². The first kappa shape index (κ1) is 21.9. The molecule has 0 aromatic heterocycles. The summed E-state index contributed by atoms with van der Waals surface area (Å²) >= 11 is 1.37. The van der Waals surface area contributed by atoms with E-state index >= 15 is 0 Å². The fourth-order valence-corrected chi connectivity index (χ4v) is 5.06. The molecular formula is C17H21N2NaO6S. The predicted octanol–water partition coefficient (Wildman–Crippen LogP) is 0.301. The van der Waals surface area contributed by atoms with Crippen LogP contribution in [0.4, 0.5) is 0 Å². The number of hydrogen-bond donors (Lipinski definition) is 2. The normalized spacial score (nSPS) is 25.0. The number of hydrogen-bond acceptors (Lipinski definition) is 6. The van der Waals surface area contributed by atoms with Gasteiger partial charge in [-0.3, -0.25) is 9.59 Å². The van der Waals surface area contributed by atoms with Crippen molar-refractivity contribution in [3.63, 3.8) is 0 Å². The van der Waals surface area contributed by atoms with Crippen LogP contribution in [0.3, 0.4) is 0 Å². The number of nitrogens with zero attached hydrogens (tertiary/aromatic N) is 1. The van der Waals surface area contributed by atoms with Gasteiger partial charge in [0, 0.05) is 4.75 Å². The molecule has 2 fully saturated rings. The third-order valence-electron chi connectivity index (χ3n) is 4.62. The molecule has 2 amide bonds. The van der Waals surface area contributed by atoms with Crippen molar-refractivity contribution >= 4 is 59.1 Å². The maximum atomic E-state index is 12.8. The van der Waals surface area contributed by atoms with Crippen LogP contribution in [0.5, 0.6) is 11.5 Å². The van der Waals surface area contributed by atoms with Gasteiger partial charge < -0.3 is 24.8 Å². The van der Waals surface area contributed by atoms with Crippen molar-refractivity contribution in [1.82, 2.24) is 10.2 Å². The number of nitrogens with one attached hydrogen (secondary N) is 1. The number of carbonyl (C=O) groups excluding carboxylic acids is 2. The predicted molar refractivity (Wildman–Crippen MR) is 102 cm³/mol. The zero-order valence-electron chi connectivity index (χ0n) is 14.8. The van der Waals surface area contributed by atoms with Crippen LogP contribution in [0.1, 0.15) is 24.2 Å². The number of carboxylic acids is 1. The van der Waals surface area contributed by atoms with Gasteiger partial charge in [0.05, 0.1) is 14.2 Å². The zero-order valence-corrected chi connectivity index (χ0v) is 15.6. The van der Waals surface area contributed by atoms with Crippen molar-refractivity contribution in [2.45, 2.75) is 36.1 Å². The number of benzene rings is 1. The third-order valence-corrected chi connectivity index (χ3v) is 6.19. The Balaban J connectivity index is 0.00000261. The van der Waals surface area contributed by atoms with Crippen LogP contribution in [-0.4, -0.2) is 93.8 Å². The summed E-state index contributed by atoms with van der Waals surface area (Å²) in [6.45, 7) is 3.56. The molecule has 3 atom stereocenters. The molecule has 10 heteroatoms. The fourth-order valence-electron chi connectivity index (χ4n) is 3.43. The minimum atomic E-state index is -1.05. The second kappa shape index (κ2) is 7.90. The van der Waals surface area contributed by atoms with E-state index in [0.717, 1.165) is 0 Å². The Morgan fingerprint density at radius 2 is 1.78 bits per heavy atom. The number of rotatable bonds is 5. The average molecular weight is 404 g/mol. The number of β-lactam (4-membered cyclic amide) rings is 1. The van der Waals surface area contributed by atoms with E-state index in [1.165, 1.54) is 30.9 Å². The van der Waals surface area contributed by atoms with E-state index in [-0.39, 0.29) is 35.1 Å². The molecule has 27 heavy (non-hydrogen) atoms. The van der Waals surface area contributed by atoms with Gasteiger partial charge in [-0.15, -0.1) is 11.8 Å². The standard InChI is InChI=1S/C17H20N2O6S.Na.H/c1-17(2)12(16(22)23)19-14(21)11(15(19)26-17)18-13(20)10-8(24-3)6-5-7-9(10)25-4;;/h5-7,11-12,15H,1-4H3,(H,18,20)(H,22,23);;/t11?,12-,15+;;/m0../s1. The summed E-state index contributed by atoms with van der Waals surface area (Å²) in [7, 11) is 2.88. The Morgan fingerprint density at radius 1 is 1.22 bits per heavy atom. The zero-order chi connectivity index (χ0) is 19.2. The summed E-state index contributed by atoms with van der Waals surface area (Å²) < 4.78 is 9.79. The van der Waals surface area contributed by atoms with E-state index in [4.69, 9.17) is 9.47 Å². The van der Waals surface area contributed by atoms with Crippen molar-refractivity contribution in [2.75, 3.05) is 14.2 Å². The summed E-state index contributed by atoms with van der Waals surface area (Å²) in [5.41, 5.74) is 0.195. The monoisotopic (exact) mass is 404 g/mol. The van der Waals surface area contributed by atoms with Crippen molar-refractivity contribution in [2.24, 2.45) is 0 Å². The summed E-state index contributed by atoms with van der Waals surface area (Å²) in [5, 5.41) is 11.7. The van der Waals surface area contributed by atoms with E-state index in [9.17, 15) is 19.5 Å². The molecule has 2 aliphatic rings. The number of thioether (sulfide) groups is 1. The van der Waals surface area contributed by atoms with E-state index < -0.39 is 40.0 Å². The average Bonchev–Trinajstić information content (AvgIpc) is 2.86. The van der Waals surface area contributed by atoms with E-state index in [1.54, 1.807) is 32.0 Å². The molecule has 0 aliphatic carbocycles. The van der Waals surface area contributed by atoms with E-state index in [2.05, 4.69) is 5.32 Å². The molecule has 2 N–H and O–H groups in total. The molecule has 1 unspecified atom stereocenters. The van der Waals surface area contributed by atoms with Crippen molar-refractivity contribution < 1.29 is 29.0 Å². The summed E-state index contributed by atoms with van der Waals surface area (Å²) in [4.78, 5) is 38.1. The Hall–Kier alpha value is -1.42. The van der Waals surface area contributed by atoms with Gasteiger partial charge in [-0.1, -0.05) is 6.07 Å². The van der Waals surface area contributed by atoms with E-state index in [1.807, 2.05) is 0 Å². The van der Waals surface area contributed by atoms with Crippen LogP contribution in [-0.2, 0) is 9.59 Å². The van der Waals surface area contributed by atoms with Gasteiger partial charge >= 0.3 is 35.5 Å². The number of fused-ring (bicyclic) bond motifs is 1. The van der Waals surface area contributed by atoms with Gasteiger partial charge in [-0.25, -0.2) is 4.79 Å². The maximum absolute atomic E-state index is 12.8. The number of ether oxygens (including phenoxy) is 2. The van der Waals surface area contributed by atoms with Crippen LogP contribution in [0.15, 0.2) is 18.2 Å². The summed E-state index contributed by atoms with van der Waals surface area (Å²) in [6, 6.07) is 3.24. The molecule has 1 aromatic rings. The Bertz CT molecular complexity index is 764. The second-order valence-electron chi connectivity index (χ2n) is 6.59. The molecular weight excluding hydrogens is 383 g/mol. The number of aliphatic carboxylic acids is 1. The quantitative estimate of drug-likeness (QED) is 0.537. The Kier molecular flexibility index (Phi) is 6.40. The first-order valence-corrected chi connectivity index (χ1v) is 8.85. The fraction of sp³-hybridized carbons (Fsp3) is 0.471. The van der Waals surface area contributed by atoms with Gasteiger partial charge in [0.2, 0.25) is 5.91 Å². The summed E-state index contributed by atoms with van der Waals surface area (Å²) in [6.07, 6.45) is 0. The first-order chi connectivity index (χ1) is 12.2. The molecule has 8 nitrogen and oxygen atoms in total. The van der Waals surface area contributed by atoms with Crippen molar-refractivity contribution in [3.8, 4) is 11.5 Å². The van der Waals surface area contributed by atoms with Gasteiger partial charge in [-0.2, -0.15) is 0 Å². The number of amides is 2. The summed E-state index contributed by atoms with van der Waals surface area (Å²) in [5.74, 6) is -1.30. The van der Waals surface area contributed by atoms with Gasteiger partial charge in [0.25, 0.3) is 5.91 Å². The topological polar surface area (TPSA) is 105 Å². The van der Waals surface area contributed by atoms with Gasteiger partial charge in [-0.05, 0) is 26.0 Å². The molecule has 2 heterocycles. The minimum absolute atomic E-state index is 0. The van der Waals surface area contributed by atoms with Crippen LogP contribution in [0, 0.1) is 0 Å². The molecule has 0 spiro atoms. The molecule has 2 saturated heterocycles. The van der Waals surface area contributed by atoms with Crippen molar-refractivity contribution in [3.05, 3.63) is 23.8 Å². The van der Waals surface area contributed by atoms with Crippen LogP contribution in [0.2, 0.25) is 0 Å². The van der Waals surface area contributed by atoms with Crippen LogP contribution in [0.25, 0.3) is 0 Å². The molecule has 3 rings (SSSR count). The molecule has 0 bridgehead atoms. The van der Waals surface area contributed by atoms with Gasteiger partial charge in [0.15, 0.2) is 0 Å². The number of carbonyl (C=O) groups is 3. The molecule has 1 aromatic carbocycles. The number of methoxy groups -OCH3 is 2. The SMILES string of the molecule is COc1cccc(OC)c1C(=O)NC1C(=O)N2[C@@H]1SC(C)(C)[C@@H]2C(=O)O.[NaH]. The van der Waals surface area contributed by atoms with Gasteiger partial charge in [0.1, 0.15) is 34.5 Å². The molecule has 0 radical (unpaired) electrons. The molecule has 0 saturated carbocycles. The van der Waals surface area contributed by atoms with Crippen LogP contribution < -0.4 is 14.8 Å². The van der Waals surface area contributed by atoms with Crippen molar-refractivity contribution in [1.29, 1.82) is 0 Å². The second-order valence-corrected chi connectivity index (χ2v) is 8.36. The third kappa shape index (κ3) is 3.53. The molecule has 142 valence electrons. The van der Waals surface area contributed by atoms with Crippen LogP contribution >= 0.6 is 11.8 Å². The first-order valence-electron chi connectivity index (χ1n) is 7.97.